The SMILES string of the molecule is CC1(O)CCC(N)(c2ccccc2O)CC1. The fraction of sp³-hybridized carbons (Fsp3) is 0.538. The fourth-order valence-corrected chi connectivity index (χ4v) is 2.40. The minimum absolute atomic E-state index is 0.256. The number of aliphatic hydroxyl groups is 1. The standard InChI is InChI=1S/C13H19NO2/c1-12(16)6-8-13(14,9-7-12)10-4-2-3-5-11(10)15/h2-5,15-16H,6-9,14H2,1H3. The Morgan fingerprint density at radius 3 is 2.25 bits per heavy atom. The van der Waals surface area contributed by atoms with E-state index in [1.807, 2.05) is 19.1 Å². The molecule has 1 aliphatic rings. The summed E-state index contributed by atoms with van der Waals surface area (Å²) in [6, 6.07) is 7.21. The van der Waals surface area contributed by atoms with Gasteiger partial charge in [0.15, 0.2) is 0 Å². The van der Waals surface area contributed by atoms with Crippen LogP contribution in [0.15, 0.2) is 24.3 Å². The highest BCUT2D eigenvalue weighted by atomic mass is 16.3. The smallest absolute Gasteiger partial charge is 0.120 e. The van der Waals surface area contributed by atoms with Crippen LogP contribution in [0.1, 0.15) is 38.2 Å². The summed E-state index contributed by atoms with van der Waals surface area (Å²) in [6.07, 6.45) is 2.77. The van der Waals surface area contributed by atoms with Gasteiger partial charge >= 0.3 is 0 Å². The topological polar surface area (TPSA) is 66.5 Å². The molecule has 0 amide bonds. The summed E-state index contributed by atoms with van der Waals surface area (Å²) >= 11 is 0. The number of benzene rings is 1. The zero-order valence-corrected chi connectivity index (χ0v) is 9.61. The summed E-state index contributed by atoms with van der Waals surface area (Å²) < 4.78 is 0. The van der Waals surface area contributed by atoms with Crippen LogP contribution < -0.4 is 5.73 Å². The number of nitrogens with two attached hydrogens (primary N) is 1. The molecule has 2 rings (SSSR count). The summed E-state index contributed by atoms with van der Waals surface area (Å²) in [6.45, 7) is 1.84. The molecule has 4 N–H and O–H groups in total. The van der Waals surface area contributed by atoms with Gasteiger partial charge in [0.1, 0.15) is 5.75 Å². The van der Waals surface area contributed by atoms with E-state index >= 15 is 0 Å². The maximum absolute atomic E-state index is 9.90. The van der Waals surface area contributed by atoms with Crippen molar-refractivity contribution in [2.45, 2.75) is 43.7 Å². The quantitative estimate of drug-likeness (QED) is 0.678. The second-order valence-corrected chi connectivity index (χ2v) is 5.17. The highest BCUT2D eigenvalue weighted by Crippen LogP contribution is 2.41. The molecule has 0 bridgehead atoms. The van der Waals surface area contributed by atoms with Crippen LogP contribution in [0.5, 0.6) is 5.75 Å². The third kappa shape index (κ3) is 2.06. The van der Waals surface area contributed by atoms with Gasteiger partial charge in [-0.15, -0.1) is 0 Å². The molecule has 1 saturated carbocycles. The van der Waals surface area contributed by atoms with Gasteiger partial charge in [-0.25, -0.2) is 0 Å². The number of hydrogen-bond acceptors (Lipinski definition) is 3. The predicted molar refractivity (Wildman–Crippen MR) is 63.1 cm³/mol. The molecule has 1 fully saturated rings. The molecular formula is C13H19NO2. The first-order valence-corrected chi connectivity index (χ1v) is 5.73. The molecule has 0 saturated heterocycles. The first-order valence-electron chi connectivity index (χ1n) is 5.73. The Bertz CT molecular complexity index is 377. The summed E-state index contributed by atoms with van der Waals surface area (Å²) in [4.78, 5) is 0. The predicted octanol–water partition coefficient (Wildman–Crippen LogP) is 1.87. The Morgan fingerprint density at radius 1 is 1.12 bits per heavy atom. The highest BCUT2D eigenvalue weighted by molar-refractivity contribution is 5.38. The van der Waals surface area contributed by atoms with Gasteiger partial charge in [0.2, 0.25) is 0 Å². The Hall–Kier alpha value is -1.06. The van der Waals surface area contributed by atoms with Crippen molar-refractivity contribution < 1.29 is 10.2 Å². The summed E-state index contributed by atoms with van der Waals surface area (Å²) in [5.41, 5.74) is 6.03. The molecule has 88 valence electrons. The highest BCUT2D eigenvalue weighted by Gasteiger charge is 2.38. The number of phenolic OH excluding ortho intramolecular Hbond substituents is 1. The minimum atomic E-state index is -0.604. The number of phenols is 1. The maximum atomic E-state index is 9.90. The van der Waals surface area contributed by atoms with Crippen molar-refractivity contribution >= 4 is 0 Å². The molecule has 1 aliphatic carbocycles. The second-order valence-electron chi connectivity index (χ2n) is 5.17. The fourth-order valence-electron chi connectivity index (χ4n) is 2.40. The van der Waals surface area contributed by atoms with Gasteiger partial charge in [-0.05, 0) is 38.7 Å². The Kier molecular flexibility index (Phi) is 2.68. The van der Waals surface area contributed by atoms with Crippen molar-refractivity contribution in [1.82, 2.24) is 0 Å². The van der Waals surface area contributed by atoms with E-state index < -0.39 is 11.1 Å². The minimum Gasteiger partial charge on any atom is -0.508 e. The molecule has 0 radical (unpaired) electrons. The van der Waals surface area contributed by atoms with Crippen molar-refractivity contribution in [1.29, 1.82) is 0 Å². The van der Waals surface area contributed by atoms with E-state index in [1.165, 1.54) is 0 Å². The second kappa shape index (κ2) is 3.75. The van der Waals surface area contributed by atoms with Crippen molar-refractivity contribution in [2.24, 2.45) is 5.73 Å². The van der Waals surface area contributed by atoms with E-state index in [-0.39, 0.29) is 5.75 Å². The van der Waals surface area contributed by atoms with Crippen LogP contribution in [0.25, 0.3) is 0 Å². The van der Waals surface area contributed by atoms with E-state index in [9.17, 15) is 10.2 Å². The molecule has 3 heteroatoms. The van der Waals surface area contributed by atoms with Gasteiger partial charge in [-0.3, -0.25) is 0 Å². The molecule has 1 aromatic carbocycles. The molecule has 1 aromatic rings. The Labute approximate surface area is 95.9 Å². The van der Waals surface area contributed by atoms with Crippen molar-refractivity contribution in [2.75, 3.05) is 0 Å². The molecule has 0 heterocycles. The van der Waals surface area contributed by atoms with Crippen molar-refractivity contribution in [3.63, 3.8) is 0 Å². The molecule has 0 unspecified atom stereocenters. The van der Waals surface area contributed by atoms with Crippen LogP contribution in [0.4, 0.5) is 0 Å². The third-order valence-corrected chi connectivity index (χ3v) is 3.66. The molecule has 3 nitrogen and oxygen atoms in total. The zero-order valence-electron chi connectivity index (χ0n) is 9.61. The van der Waals surface area contributed by atoms with Crippen LogP contribution >= 0.6 is 0 Å². The third-order valence-electron chi connectivity index (χ3n) is 3.66. The number of aromatic hydroxyl groups is 1. The van der Waals surface area contributed by atoms with Gasteiger partial charge < -0.3 is 15.9 Å². The van der Waals surface area contributed by atoms with E-state index in [4.69, 9.17) is 5.73 Å². The summed E-state index contributed by atoms with van der Waals surface area (Å²) in [5, 5.41) is 19.7. The van der Waals surface area contributed by atoms with E-state index in [0.717, 1.165) is 5.56 Å². The lowest BCUT2D eigenvalue weighted by Gasteiger charge is -2.40. The van der Waals surface area contributed by atoms with Crippen LogP contribution in [0.2, 0.25) is 0 Å². The van der Waals surface area contributed by atoms with Crippen LogP contribution in [-0.2, 0) is 5.54 Å². The summed E-state index contributed by atoms with van der Waals surface area (Å²) in [5.74, 6) is 0.256. The van der Waals surface area contributed by atoms with Crippen molar-refractivity contribution in [3.8, 4) is 5.75 Å². The van der Waals surface area contributed by atoms with E-state index in [2.05, 4.69) is 0 Å². The average Bonchev–Trinajstić information content (AvgIpc) is 2.24. The summed E-state index contributed by atoms with van der Waals surface area (Å²) in [7, 11) is 0. The first-order chi connectivity index (χ1) is 7.43. The first kappa shape index (κ1) is 11.4. The Morgan fingerprint density at radius 2 is 1.69 bits per heavy atom. The van der Waals surface area contributed by atoms with Gasteiger partial charge in [-0.2, -0.15) is 0 Å². The maximum Gasteiger partial charge on any atom is 0.120 e. The lowest BCUT2D eigenvalue weighted by molar-refractivity contribution is 0.000534. The van der Waals surface area contributed by atoms with Crippen molar-refractivity contribution in [3.05, 3.63) is 29.8 Å². The van der Waals surface area contributed by atoms with Gasteiger partial charge in [0.05, 0.1) is 5.60 Å². The van der Waals surface area contributed by atoms with Crippen LogP contribution in [0.3, 0.4) is 0 Å². The molecule has 16 heavy (non-hydrogen) atoms. The lowest BCUT2D eigenvalue weighted by atomic mass is 9.72. The number of para-hydroxylation sites is 1. The van der Waals surface area contributed by atoms with Gasteiger partial charge in [0, 0.05) is 11.1 Å². The largest absolute Gasteiger partial charge is 0.508 e. The monoisotopic (exact) mass is 221 g/mol. The van der Waals surface area contributed by atoms with E-state index in [1.54, 1.807) is 12.1 Å². The molecule has 0 spiro atoms. The molecule has 0 aromatic heterocycles. The number of rotatable bonds is 1. The Balaban J connectivity index is 2.25. The van der Waals surface area contributed by atoms with Gasteiger partial charge in [-0.1, -0.05) is 18.2 Å². The zero-order chi connectivity index (χ0) is 11.8. The molecule has 0 aliphatic heterocycles. The van der Waals surface area contributed by atoms with Crippen LogP contribution in [-0.4, -0.2) is 15.8 Å². The number of hydrogen-bond donors (Lipinski definition) is 3. The normalized spacial score (nSPS) is 34.9. The molecule has 0 atom stereocenters. The lowest BCUT2D eigenvalue weighted by Crippen LogP contribution is -2.45. The van der Waals surface area contributed by atoms with E-state index in [0.29, 0.717) is 25.7 Å². The van der Waals surface area contributed by atoms with Crippen LogP contribution in [0, 0.1) is 0 Å². The van der Waals surface area contributed by atoms with Gasteiger partial charge in [0.25, 0.3) is 0 Å². The average molecular weight is 221 g/mol. The molecular weight excluding hydrogens is 202 g/mol.